The average Bonchev–Trinajstić information content (AvgIpc) is 2.16. The predicted molar refractivity (Wildman–Crippen MR) is 57.6 cm³/mol. The van der Waals surface area contributed by atoms with Crippen molar-refractivity contribution < 1.29 is 4.79 Å². The summed E-state index contributed by atoms with van der Waals surface area (Å²) >= 11 is 0. The number of carbonyl (C=O) groups excluding carboxylic acids is 1. The second-order valence-corrected chi connectivity index (χ2v) is 3.97. The van der Waals surface area contributed by atoms with Gasteiger partial charge in [-0.3, -0.25) is 4.79 Å². The Bertz CT molecular complexity index is 342. The van der Waals surface area contributed by atoms with Gasteiger partial charge < -0.3 is 4.90 Å². The second kappa shape index (κ2) is 3.45. The Hall–Kier alpha value is -1.31. The Kier molecular flexibility index (Phi) is 2.28. The molecule has 2 heteroatoms. The van der Waals surface area contributed by atoms with Gasteiger partial charge >= 0.3 is 0 Å². The summed E-state index contributed by atoms with van der Waals surface area (Å²) in [5.41, 5.74) is 2.38. The van der Waals surface area contributed by atoms with Gasteiger partial charge in [-0.05, 0) is 25.5 Å². The van der Waals surface area contributed by atoms with Crippen LogP contribution in [0.25, 0.3) is 0 Å². The summed E-state index contributed by atoms with van der Waals surface area (Å²) in [6, 6.07) is 8.42. The quantitative estimate of drug-likeness (QED) is 0.710. The van der Waals surface area contributed by atoms with Crippen molar-refractivity contribution >= 4 is 11.5 Å². The average molecular weight is 189 g/mol. The summed E-state index contributed by atoms with van der Waals surface area (Å²) in [7, 11) is 1.99. The molecule has 1 aromatic rings. The largest absolute Gasteiger partial charge is 0.365 e. The molecule has 0 saturated heterocycles. The maximum absolute atomic E-state index is 11.3. The van der Waals surface area contributed by atoms with Crippen molar-refractivity contribution in [2.45, 2.75) is 25.8 Å². The normalized spacial score (nSPS) is 20.4. The molecule has 1 aliphatic rings. The predicted octanol–water partition coefficient (Wildman–Crippen LogP) is 2.16. The highest BCUT2D eigenvalue weighted by Gasteiger charge is 2.31. The topological polar surface area (TPSA) is 20.3 Å². The smallest absolute Gasteiger partial charge is 0.155 e. The number of ketones is 1. The lowest BCUT2D eigenvalue weighted by atomic mass is 9.89. The maximum Gasteiger partial charge on any atom is 0.155 e. The highest BCUT2D eigenvalue weighted by Crippen LogP contribution is 2.25. The van der Waals surface area contributed by atoms with E-state index in [1.807, 2.05) is 7.05 Å². The number of benzene rings is 1. The van der Waals surface area contributed by atoms with E-state index in [0.29, 0.717) is 5.78 Å². The number of anilines is 1. The van der Waals surface area contributed by atoms with Gasteiger partial charge in [0.1, 0.15) is 0 Å². The number of nitrogens with zero attached hydrogens (tertiary/aromatic N) is 1. The van der Waals surface area contributed by atoms with E-state index in [4.69, 9.17) is 0 Å². The zero-order valence-electron chi connectivity index (χ0n) is 8.66. The van der Waals surface area contributed by atoms with E-state index in [9.17, 15) is 4.79 Å². The molecule has 0 amide bonds. The number of aryl methyl sites for hydroxylation is 1. The van der Waals surface area contributed by atoms with Crippen molar-refractivity contribution in [3.8, 4) is 0 Å². The monoisotopic (exact) mass is 189 g/mol. The molecule has 1 aromatic carbocycles. The summed E-state index contributed by atoms with van der Waals surface area (Å²) in [4.78, 5) is 13.3. The zero-order valence-corrected chi connectivity index (χ0v) is 8.66. The Balaban J connectivity index is 2.14. The van der Waals surface area contributed by atoms with Crippen LogP contribution in [-0.4, -0.2) is 18.9 Å². The third kappa shape index (κ3) is 1.52. The molecule has 1 saturated carbocycles. The van der Waals surface area contributed by atoms with Gasteiger partial charge in [-0.25, -0.2) is 0 Å². The van der Waals surface area contributed by atoms with E-state index in [1.54, 1.807) is 0 Å². The molecule has 2 rings (SSSR count). The first-order valence-electron chi connectivity index (χ1n) is 5.00. The fraction of sp³-hybridized carbons (Fsp3) is 0.417. The lowest BCUT2D eigenvalue weighted by molar-refractivity contribution is -0.125. The number of hydrogen-bond acceptors (Lipinski definition) is 2. The first kappa shape index (κ1) is 9.25. The highest BCUT2D eigenvalue weighted by molar-refractivity contribution is 5.92. The van der Waals surface area contributed by atoms with Crippen molar-refractivity contribution in [3.63, 3.8) is 0 Å². The third-order valence-corrected chi connectivity index (χ3v) is 2.94. The van der Waals surface area contributed by atoms with Crippen LogP contribution in [0.4, 0.5) is 5.69 Å². The fourth-order valence-electron chi connectivity index (χ4n) is 1.76. The molecule has 0 aromatic heterocycles. The summed E-state index contributed by atoms with van der Waals surface area (Å²) < 4.78 is 0. The summed E-state index contributed by atoms with van der Waals surface area (Å²) in [6.07, 6.45) is 1.75. The van der Waals surface area contributed by atoms with Crippen LogP contribution in [0.15, 0.2) is 24.3 Å². The van der Waals surface area contributed by atoms with Gasteiger partial charge in [0, 0.05) is 19.2 Å². The van der Waals surface area contributed by atoms with E-state index in [1.165, 1.54) is 5.56 Å². The van der Waals surface area contributed by atoms with Gasteiger partial charge in [-0.15, -0.1) is 0 Å². The molecule has 0 heterocycles. The molecule has 0 aliphatic heterocycles. The Morgan fingerprint density at radius 2 is 1.93 bits per heavy atom. The van der Waals surface area contributed by atoms with Gasteiger partial charge in [0.05, 0.1) is 6.04 Å². The molecular weight excluding hydrogens is 174 g/mol. The lowest BCUT2D eigenvalue weighted by Crippen LogP contribution is -2.45. The molecule has 2 nitrogen and oxygen atoms in total. The van der Waals surface area contributed by atoms with Crippen LogP contribution in [0.5, 0.6) is 0 Å². The number of rotatable bonds is 2. The molecule has 14 heavy (non-hydrogen) atoms. The Morgan fingerprint density at radius 3 is 2.36 bits per heavy atom. The minimum atomic E-state index is 0.123. The van der Waals surface area contributed by atoms with Gasteiger partial charge in [0.25, 0.3) is 0 Å². The van der Waals surface area contributed by atoms with Crippen LogP contribution in [0.1, 0.15) is 18.4 Å². The molecule has 0 radical (unpaired) electrons. The van der Waals surface area contributed by atoms with Crippen molar-refractivity contribution in [2.24, 2.45) is 0 Å². The van der Waals surface area contributed by atoms with Crippen LogP contribution in [-0.2, 0) is 4.79 Å². The van der Waals surface area contributed by atoms with Crippen LogP contribution in [0.3, 0.4) is 0 Å². The fourth-order valence-corrected chi connectivity index (χ4v) is 1.76. The SMILES string of the molecule is Cc1ccc(N(C)[C@@H]2CCC2=O)cc1. The van der Waals surface area contributed by atoms with E-state index < -0.39 is 0 Å². The highest BCUT2D eigenvalue weighted by atomic mass is 16.1. The molecule has 0 spiro atoms. The zero-order chi connectivity index (χ0) is 10.1. The van der Waals surface area contributed by atoms with Gasteiger partial charge in [0.15, 0.2) is 5.78 Å². The van der Waals surface area contributed by atoms with E-state index >= 15 is 0 Å². The first-order valence-corrected chi connectivity index (χ1v) is 5.00. The minimum absolute atomic E-state index is 0.123. The van der Waals surface area contributed by atoms with E-state index in [-0.39, 0.29) is 6.04 Å². The molecule has 0 bridgehead atoms. The Labute approximate surface area is 84.5 Å². The maximum atomic E-state index is 11.3. The van der Waals surface area contributed by atoms with Gasteiger partial charge in [-0.2, -0.15) is 0 Å². The van der Waals surface area contributed by atoms with Crippen molar-refractivity contribution in [1.82, 2.24) is 0 Å². The van der Waals surface area contributed by atoms with E-state index in [2.05, 4.69) is 36.1 Å². The van der Waals surface area contributed by atoms with Crippen LogP contribution < -0.4 is 4.90 Å². The lowest BCUT2D eigenvalue weighted by Gasteiger charge is -2.34. The second-order valence-electron chi connectivity index (χ2n) is 3.97. The standard InChI is InChI=1S/C12H15NO/c1-9-3-5-10(6-4-9)13(2)11-7-8-12(11)14/h3-6,11H,7-8H2,1-2H3/t11-/m1/s1. The summed E-state index contributed by atoms with van der Waals surface area (Å²) in [6.45, 7) is 2.07. The number of likely N-dealkylation sites (N-methyl/N-ethyl adjacent to an activating group) is 1. The van der Waals surface area contributed by atoms with Gasteiger partial charge in [-0.1, -0.05) is 17.7 Å². The van der Waals surface area contributed by atoms with Crippen LogP contribution in [0.2, 0.25) is 0 Å². The van der Waals surface area contributed by atoms with Crippen molar-refractivity contribution in [3.05, 3.63) is 29.8 Å². The molecule has 0 unspecified atom stereocenters. The molecular formula is C12H15NO. The van der Waals surface area contributed by atoms with Crippen LogP contribution in [0, 0.1) is 6.92 Å². The van der Waals surface area contributed by atoms with E-state index in [0.717, 1.165) is 18.5 Å². The summed E-state index contributed by atoms with van der Waals surface area (Å²) in [5, 5.41) is 0. The molecule has 1 atom stereocenters. The Morgan fingerprint density at radius 1 is 1.29 bits per heavy atom. The first-order chi connectivity index (χ1) is 6.68. The third-order valence-electron chi connectivity index (χ3n) is 2.94. The van der Waals surface area contributed by atoms with Crippen LogP contribution >= 0.6 is 0 Å². The summed E-state index contributed by atoms with van der Waals surface area (Å²) in [5.74, 6) is 0.369. The minimum Gasteiger partial charge on any atom is -0.365 e. The molecule has 0 N–H and O–H groups in total. The number of hydrogen-bond donors (Lipinski definition) is 0. The number of carbonyl (C=O) groups is 1. The molecule has 1 aliphatic carbocycles. The van der Waals surface area contributed by atoms with Crippen molar-refractivity contribution in [2.75, 3.05) is 11.9 Å². The van der Waals surface area contributed by atoms with Crippen molar-refractivity contribution in [1.29, 1.82) is 0 Å². The molecule has 1 fully saturated rings. The van der Waals surface area contributed by atoms with Gasteiger partial charge in [0.2, 0.25) is 0 Å². The molecule has 74 valence electrons. The number of Topliss-reactive ketones (excluding diaryl/α,β-unsaturated/α-hetero) is 1.